The van der Waals surface area contributed by atoms with Gasteiger partial charge in [-0.25, -0.2) is 0 Å². The second-order valence-corrected chi connectivity index (χ2v) is 9.15. The molecule has 0 aromatic rings. The third kappa shape index (κ3) is 11.2. The monoisotopic (exact) mass is 415 g/mol. The van der Waals surface area contributed by atoms with Crippen LogP contribution in [0.4, 0.5) is 0 Å². The molecular formula is C18H42ClNO5Si. The van der Waals surface area contributed by atoms with E-state index in [0.29, 0.717) is 19.8 Å². The van der Waals surface area contributed by atoms with Gasteiger partial charge in [-0.1, -0.05) is 0 Å². The minimum Gasteiger partial charge on any atom is -1.00 e. The van der Waals surface area contributed by atoms with Crippen LogP contribution in [0.1, 0.15) is 53.4 Å². The molecule has 2 N–H and O–H groups in total. The molecule has 0 fully saturated rings. The van der Waals surface area contributed by atoms with E-state index in [1.54, 1.807) is 0 Å². The van der Waals surface area contributed by atoms with Crippen molar-refractivity contribution in [3.8, 4) is 0 Å². The predicted molar refractivity (Wildman–Crippen MR) is 103 cm³/mol. The lowest BCUT2D eigenvalue weighted by molar-refractivity contribution is -0.925. The van der Waals surface area contributed by atoms with E-state index >= 15 is 0 Å². The maximum Gasteiger partial charge on any atom is 0.506 e. The number of halogens is 1. The van der Waals surface area contributed by atoms with Crippen LogP contribution < -0.4 is 12.4 Å². The van der Waals surface area contributed by atoms with Gasteiger partial charge >= 0.3 is 8.80 Å². The van der Waals surface area contributed by atoms with Crippen molar-refractivity contribution in [2.45, 2.75) is 59.4 Å². The fourth-order valence-electron chi connectivity index (χ4n) is 3.30. The number of aliphatic hydroxyl groups is 2. The summed E-state index contributed by atoms with van der Waals surface area (Å²) in [5.41, 5.74) is 0. The van der Waals surface area contributed by atoms with Gasteiger partial charge in [0.25, 0.3) is 0 Å². The van der Waals surface area contributed by atoms with Crippen molar-refractivity contribution >= 4 is 8.80 Å². The number of hydrogen-bond acceptors (Lipinski definition) is 5. The lowest BCUT2D eigenvalue weighted by atomic mass is 10.2. The molecule has 0 aromatic heterocycles. The molecule has 0 aromatic carbocycles. The highest BCUT2D eigenvalue weighted by atomic mass is 35.5. The largest absolute Gasteiger partial charge is 1.00 e. The van der Waals surface area contributed by atoms with Gasteiger partial charge in [0.2, 0.25) is 0 Å². The van der Waals surface area contributed by atoms with Crippen molar-refractivity contribution in [2.75, 3.05) is 59.2 Å². The molecule has 0 amide bonds. The van der Waals surface area contributed by atoms with E-state index in [1.807, 2.05) is 20.8 Å². The summed E-state index contributed by atoms with van der Waals surface area (Å²) < 4.78 is 19.0. The van der Waals surface area contributed by atoms with Crippen molar-refractivity contribution in [3.63, 3.8) is 0 Å². The van der Waals surface area contributed by atoms with Crippen LogP contribution in [0.2, 0.25) is 6.04 Å². The summed E-state index contributed by atoms with van der Waals surface area (Å²) in [6.45, 7) is 14.6. The molecule has 0 saturated heterocycles. The Labute approximate surface area is 168 Å². The topological polar surface area (TPSA) is 68.2 Å². The van der Waals surface area contributed by atoms with Gasteiger partial charge in [0.05, 0.1) is 32.2 Å². The Morgan fingerprint density at radius 2 is 1.12 bits per heavy atom. The summed E-state index contributed by atoms with van der Waals surface area (Å²) in [5.74, 6) is 0. The zero-order chi connectivity index (χ0) is 19.0. The summed E-state index contributed by atoms with van der Waals surface area (Å²) in [6.07, 6.45) is 3.70. The van der Waals surface area contributed by atoms with Gasteiger partial charge in [0.15, 0.2) is 0 Å². The van der Waals surface area contributed by atoms with E-state index in [4.69, 9.17) is 23.5 Å². The van der Waals surface area contributed by atoms with Crippen LogP contribution in [0.5, 0.6) is 0 Å². The number of rotatable bonds is 18. The molecule has 0 bridgehead atoms. The molecule has 0 atom stereocenters. The van der Waals surface area contributed by atoms with Crippen LogP contribution >= 0.6 is 0 Å². The second kappa shape index (κ2) is 17.4. The standard InChI is InChI=1S/C18H42NO5Si.ClH/c1-5-19(13-9-11-16-20,14-10-12-17-21)15-18-25(22-6-2,23-7-3)24-8-4;/h20-21H,5-18H2,1-4H3;1H/q+1;/p-1. The molecule has 0 unspecified atom stereocenters. The van der Waals surface area contributed by atoms with E-state index in [-0.39, 0.29) is 25.6 Å². The molecular weight excluding hydrogens is 374 g/mol. The van der Waals surface area contributed by atoms with Gasteiger partial charge in [0.1, 0.15) is 0 Å². The number of unbranched alkanes of at least 4 members (excludes halogenated alkanes) is 2. The maximum atomic E-state index is 9.13. The second-order valence-electron chi connectivity index (χ2n) is 6.42. The summed E-state index contributed by atoms with van der Waals surface area (Å²) >= 11 is 0. The summed E-state index contributed by atoms with van der Waals surface area (Å²) in [7, 11) is -2.63. The number of nitrogens with zero attached hydrogens (tertiary/aromatic N) is 1. The van der Waals surface area contributed by atoms with Gasteiger partial charge in [-0.15, -0.1) is 0 Å². The molecule has 160 valence electrons. The molecule has 0 heterocycles. The first-order chi connectivity index (χ1) is 12.1. The first-order valence-corrected chi connectivity index (χ1v) is 12.0. The van der Waals surface area contributed by atoms with Gasteiger partial charge in [-0.3, -0.25) is 0 Å². The minimum absolute atomic E-state index is 0. The Hall–Kier alpha value is 0.267. The number of aliphatic hydroxyl groups excluding tert-OH is 2. The molecule has 0 aliphatic heterocycles. The molecule has 0 aliphatic rings. The third-order valence-electron chi connectivity index (χ3n) is 4.74. The van der Waals surface area contributed by atoms with Crippen molar-refractivity contribution in [1.82, 2.24) is 0 Å². The van der Waals surface area contributed by atoms with E-state index in [2.05, 4.69) is 6.92 Å². The van der Waals surface area contributed by atoms with Crippen molar-refractivity contribution in [3.05, 3.63) is 0 Å². The quantitative estimate of drug-likeness (QED) is 0.178. The number of hydrogen-bond donors (Lipinski definition) is 2. The van der Waals surface area contributed by atoms with Crippen LogP contribution in [-0.4, -0.2) is 82.7 Å². The highest BCUT2D eigenvalue weighted by Crippen LogP contribution is 2.21. The zero-order valence-electron chi connectivity index (χ0n) is 17.3. The molecule has 8 heteroatoms. The van der Waals surface area contributed by atoms with E-state index in [9.17, 15) is 0 Å². The predicted octanol–water partition coefficient (Wildman–Crippen LogP) is -0.579. The van der Waals surface area contributed by atoms with Crippen molar-refractivity contribution < 1.29 is 40.4 Å². The lowest BCUT2D eigenvalue weighted by Crippen LogP contribution is -3.00. The van der Waals surface area contributed by atoms with Gasteiger partial charge in [-0.2, -0.15) is 0 Å². The van der Waals surface area contributed by atoms with Crippen molar-refractivity contribution in [1.29, 1.82) is 0 Å². The van der Waals surface area contributed by atoms with Crippen LogP contribution in [0.25, 0.3) is 0 Å². The SMILES string of the molecule is CCO[Si](CC[N+](CC)(CCCCO)CCCCO)(OCC)OCC.[Cl-]. The Balaban J connectivity index is 0. The molecule has 0 radical (unpaired) electrons. The van der Waals surface area contributed by atoms with Gasteiger partial charge in [0, 0.05) is 33.0 Å². The maximum absolute atomic E-state index is 9.13. The van der Waals surface area contributed by atoms with Crippen LogP contribution in [0.15, 0.2) is 0 Å². The van der Waals surface area contributed by atoms with E-state index < -0.39 is 8.80 Å². The zero-order valence-corrected chi connectivity index (χ0v) is 19.1. The Morgan fingerprint density at radius 1 is 0.692 bits per heavy atom. The van der Waals surface area contributed by atoms with Gasteiger partial charge in [-0.05, 0) is 53.4 Å². The highest BCUT2D eigenvalue weighted by Gasteiger charge is 2.43. The summed E-state index contributed by atoms with van der Waals surface area (Å²) in [6, 6.07) is 0.814. The molecule has 0 rings (SSSR count). The average Bonchev–Trinajstić information content (AvgIpc) is 2.60. The fourth-order valence-corrected chi connectivity index (χ4v) is 6.05. The van der Waals surface area contributed by atoms with E-state index in [0.717, 1.165) is 62.4 Å². The first kappa shape index (κ1) is 28.5. The molecule has 0 aliphatic carbocycles. The Morgan fingerprint density at radius 3 is 1.42 bits per heavy atom. The molecule has 0 saturated carbocycles. The third-order valence-corrected chi connectivity index (χ3v) is 7.76. The van der Waals surface area contributed by atoms with Crippen LogP contribution in [0.3, 0.4) is 0 Å². The first-order valence-electron chi connectivity index (χ1n) is 10.1. The van der Waals surface area contributed by atoms with E-state index in [1.165, 1.54) is 0 Å². The fraction of sp³-hybridized carbons (Fsp3) is 1.00. The molecule has 0 spiro atoms. The molecule has 26 heavy (non-hydrogen) atoms. The lowest BCUT2D eigenvalue weighted by Gasteiger charge is -2.40. The summed E-state index contributed by atoms with van der Waals surface area (Å²) in [4.78, 5) is 0. The Kier molecular flexibility index (Phi) is 19.0. The minimum atomic E-state index is -2.63. The molecule has 6 nitrogen and oxygen atoms in total. The normalized spacial score (nSPS) is 12.2. The smallest absolute Gasteiger partial charge is 0.506 e. The van der Waals surface area contributed by atoms with Crippen LogP contribution in [0, 0.1) is 0 Å². The van der Waals surface area contributed by atoms with Crippen molar-refractivity contribution in [2.24, 2.45) is 0 Å². The average molecular weight is 416 g/mol. The highest BCUT2D eigenvalue weighted by molar-refractivity contribution is 6.60. The Bertz CT molecular complexity index is 286. The summed E-state index contributed by atoms with van der Waals surface area (Å²) in [5, 5.41) is 18.3. The number of quaternary nitrogens is 1. The van der Waals surface area contributed by atoms with Crippen LogP contribution in [-0.2, 0) is 13.3 Å². The van der Waals surface area contributed by atoms with Gasteiger partial charge < -0.3 is 40.4 Å².